The summed E-state index contributed by atoms with van der Waals surface area (Å²) in [5.41, 5.74) is 1.16. The average Bonchev–Trinajstić information content (AvgIpc) is 2.47. The van der Waals surface area contributed by atoms with Gasteiger partial charge in [-0.25, -0.2) is 5.06 Å². The molecule has 6 heteroatoms. The molecule has 0 saturated heterocycles. The maximum Gasteiger partial charge on any atom is 0.389 e. The van der Waals surface area contributed by atoms with Crippen molar-refractivity contribution in [3.8, 4) is 0 Å². The summed E-state index contributed by atoms with van der Waals surface area (Å²) in [7, 11) is 0. The molecule has 0 saturated carbocycles. The summed E-state index contributed by atoms with van der Waals surface area (Å²) >= 11 is 0. The number of hydrogen-bond donors (Lipinski definition) is 1. The number of hydrogen-bond acceptors (Lipinski definition) is 2. The summed E-state index contributed by atoms with van der Waals surface area (Å²) in [5.74, 6) is -0.207. The standard InChI is InChI=1S/C16H22F3NO2/c1-13(6-5-9-14-7-3-2-4-8-14)15(20(22)12-21)10-11-16(17,18)19/h2-4,7-8,12-13,15,22H,5-6,9-11H2,1H3/t13-,15+/m1/s1. The fourth-order valence-corrected chi connectivity index (χ4v) is 2.53. The zero-order valence-corrected chi connectivity index (χ0v) is 12.6. The SMILES string of the molecule is C[C@H](CCCc1ccccc1)[C@H](CCC(F)(F)F)N(O)C=O. The molecule has 1 rings (SSSR count). The molecule has 0 bridgehead atoms. The smallest absolute Gasteiger partial charge is 0.286 e. The van der Waals surface area contributed by atoms with Crippen molar-refractivity contribution in [2.75, 3.05) is 0 Å². The summed E-state index contributed by atoms with van der Waals surface area (Å²) in [6.45, 7) is 1.76. The molecule has 0 spiro atoms. The fourth-order valence-electron chi connectivity index (χ4n) is 2.53. The lowest BCUT2D eigenvalue weighted by Crippen LogP contribution is -2.37. The van der Waals surface area contributed by atoms with Gasteiger partial charge in [0, 0.05) is 6.42 Å². The zero-order chi connectivity index (χ0) is 16.6. The van der Waals surface area contributed by atoms with E-state index in [4.69, 9.17) is 0 Å². The highest BCUT2D eigenvalue weighted by Gasteiger charge is 2.31. The van der Waals surface area contributed by atoms with Crippen molar-refractivity contribution in [2.24, 2.45) is 5.92 Å². The summed E-state index contributed by atoms with van der Waals surface area (Å²) in [6.07, 6.45) is -3.15. The molecular weight excluding hydrogens is 295 g/mol. The first-order valence-electron chi connectivity index (χ1n) is 7.36. The van der Waals surface area contributed by atoms with E-state index in [1.54, 1.807) is 6.92 Å². The van der Waals surface area contributed by atoms with E-state index in [0.29, 0.717) is 11.5 Å². The largest absolute Gasteiger partial charge is 0.389 e. The molecule has 0 unspecified atom stereocenters. The predicted octanol–water partition coefficient (Wildman–Crippen LogP) is 4.20. The molecule has 0 aliphatic rings. The van der Waals surface area contributed by atoms with Gasteiger partial charge in [0.2, 0.25) is 6.41 Å². The van der Waals surface area contributed by atoms with E-state index in [9.17, 15) is 23.2 Å². The van der Waals surface area contributed by atoms with Crippen LogP contribution in [0.4, 0.5) is 13.2 Å². The molecule has 124 valence electrons. The summed E-state index contributed by atoms with van der Waals surface area (Å²) < 4.78 is 37.0. The number of carbonyl (C=O) groups excluding carboxylic acids is 1. The number of halogens is 3. The van der Waals surface area contributed by atoms with Gasteiger partial charge in [0.1, 0.15) is 0 Å². The lowest BCUT2D eigenvalue weighted by atomic mass is 9.91. The number of nitrogens with zero attached hydrogens (tertiary/aromatic N) is 1. The Morgan fingerprint density at radius 3 is 2.41 bits per heavy atom. The minimum atomic E-state index is -4.29. The van der Waals surface area contributed by atoms with Crippen molar-refractivity contribution < 1.29 is 23.2 Å². The molecule has 0 heterocycles. The van der Waals surface area contributed by atoms with Crippen LogP contribution < -0.4 is 0 Å². The Kier molecular flexibility index (Phi) is 7.38. The number of rotatable bonds is 9. The third-order valence-corrected chi connectivity index (χ3v) is 3.80. The van der Waals surface area contributed by atoms with Gasteiger partial charge in [-0.15, -0.1) is 0 Å². The lowest BCUT2D eigenvalue weighted by Gasteiger charge is -2.28. The van der Waals surface area contributed by atoms with Crippen LogP contribution in [0.25, 0.3) is 0 Å². The molecule has 1 amide bonds. The Hall–Kier alpha value is -1.56. The van der Waals surface area contributed by atoms with Crippen molar-refractivity contribution in [1.82, 2.24) is 5.06 Å². The van der Waals surface area contributed by atoms with E-state index in [0.717, 1.165) is 18.4 Å². The Labute approximate surface area is 128 Å². The molecule has 3 nitrogen and oxygen atoms in total. The monoisotopic (exact) mass is 317 g/mol. The van der Waals surface area contributed by atoms with E-state index in [1.165, 1.54) is 0 Å². The quantitative estimate of drug-likeness (QED) is 0.421. The van der Waals surface area contributed by atoms with E-state index in [1.807, 2.05) is 30.3 Å². The number of hydroxylamine groups is 2. The second-order valence-corrected chi connectivity index (χ2v) is 5.56. The van der Waals surface area contributed by atoms with Crippen molar-refractivity contribution in [3.63, 3.8) is 0 Å². The van der Waals surface area contributed by atoms with Crippen LogP contribution in [0.2, 0.25) is 0 Å². The van der Waals surface area contributed by atoms with Gasteiger partial charge in [0.05, 0.1) is 6.04 Å². The fraction of sp³-hybridized carbons (Fsp3) is 0.562. The summed E-state index contributed by atoms with van der Waals surface area (Å²) in [4.78, 5) is 10.7. The molecule has 0 aliphatic carbocycles. The lowest BCUT2D eigenvalue weighted by molar-refractivity contribution is -0.175. The zero-order valence-electron chi connectivity index (χ0n) is 12.6. The minimum Gasteiger partial charge on any atom is -0.286 e. The molecule has 1 aromatic rings. The van der Waals surface area contributed by atoms with Crippen LogP contribution in [0.15, 0.2) is 30.3 Å². The van der Waals surface area contributed by atoms with Crippen LogP contribution in [-0.4, -0.2) is 28.9 Å². The van der Waals surface area contributed by atoms with E-state index >= 15 is 0 Å². The summed E-state index contributed by atoms with van der Waals surface area (Å²) in [5, 5.41) is 9.87. The normalized spacial score (nSPS) is 14.4. The van der Waals surface area contributed by atoms with Crippen LogP contribution in [0, 0.1) is 5.92 Å². The second-order valence-electron chi connectivity index (χ2n) is 5.56. The van der Waals surface area contributed by atoms with Gasteiger partial charge in [0.15, 0.2) is 0 Å². The Bertz CT molecular complexity index is 437. The molecule has 0 fully saturated rings. The van der Waals surface area contributed by atoms with Gasteiger partial charge < -0.3 is 0 Å². The van der Waals surface area contributed by atoms with Crippen molar-refractivity contribution in [2.45, 2.75) is 51.2 Å². The molecule has 0 aromatic heterocycles. The van der Waals surface area contributed by atoms with Crippen molar-refractivity contribution in [1.29, 1.82) is 0 Å². The first kappa shape index (κ1) is 18.5. The predicted molar refractivity (Wildman–Crippen MR) is 77.3 cm³/mol. The first-order chi connectivity index (χ1) is 10.3. The molecule has 2 atom stereocenters. The number of carbonyl (C=O) groups is 1. The topological polar surface area (TPSA) is 40.5 Å². The highest BCUT2D eigenvalue weighted by atomic mass is 19.4. The molecule has 22 heavy (non-hydrogen) atoms. The van der Waals surface area contributed by atoms with Crippen molar-refractivity contribution in [3.05, 3.63) is 35.9 Å². The molecule has 0 radical (unpaired) electrons. The Morgan fingerprint density at radius 1 is 1.23 bits per heavy atom. The Balaban J connectivity index is 2.48. The number of amides is 1. The number of alkyl halides is 3. The number of aryl methyl sites for hydroxylation is 1. The average molecular weight is 317 g/mol. The van der Waals surface area contributed by atoms with Crippen molar-refractivity contribution >= 4 is 6.41 Å². The van der Waals surface area contributed by atoms with Gasteiger partial charge in [-0.1, -0.05) is 37.3 Å². The third-order valence-electron chi connectivity index (χ3n) is 3.80. The first-order valence-corrected chi connectivity index (χ1v) is 7.36. The van der Waals surface area contributed by atoms with Crippen LogP contribution in [-0.2, 0) is 11.2 Å². The van der Waals surface area contributed by atoms with E-state index < -0.39 is 18.6 Å². The number of benzene rings is 1. The highest BCUT2D eigenvalue weighted by molar-refractivity contribution is 5.45. The van der Waals surface area contributed by atoms with E-state index in [2.05, 4.69) is 0 Å². The van der Waals surface area contributed by atoms with Gasteiger partial charge in [-0.3, -0.25) is 10.0 Å². The van der Waals surface area contributed by atoms with Gasteiger partial charge in [0.25, 0.3) is 0 Å². The van der Waals surface area contributed by atoms with Crippen LogP contribution >= 0.6 is 0 Å². The maximum absolute atomic E-state index is 12.3. The van der Waals surface area contributed by atoms with Crippen LogP contribution in [0.5, 0.6) is 0 Å². The van der Waals surface area contributed by atoms with E-state index in [-0.39, 0.29) is 18.7 Å². The Morgan fingerprint density at radius 2 is 1.86 bits per heavy atom. The molecule has 1 aromatic carbocycles. The molecule has 0 aliphatic heterocycles. The minimum absolute atomic E-state index is 0.175. The molecule has 1 N–H and O–H groups in total. The maximum atomic E-state index is 12.3. The van der Waals surface area contributed by atoms with Gasteiger partial charge in [-0.2, -0.15) is 13.2 Å². The van der Waals surface area contributed by atoms with Crippen LogP contribution in [0.1, 0.15) is 38.2 Å². The second kappa shape index (κ2) is 8.78. The highest BCUT2D eigenvalue weighted by Crippen LogP contribution is 2.27. The van der Waals surface area contributed by atoms with Gasteiger partial charge >= 0.3 is 6.18 Å². The third kappa shape index (κ3) is 6.93. The van der Waals surface area contributed by atoms with Crippen LogP contribution in [0.3, 0.4) is 0 Å². The summed E-state index contributed by atoms with van der Waals surface area (Å²) in [6, 6.07) is 8.98. The van der Waals surface area contributed by atoms with Gasteiger partial charge in [-0.05, 0) is 37.2 Å². The molecular formula is C16H22F3NO2.